The molecule has 2 aromatic heterocycles. The number of benzene rings is 1. The number of halogens is 1. The van der Waals surface area contributed by atoms with Crippen molar-refractivity contribution in [2.24, 2.45) is 0 Å². The van der Waals surface area contributed by atoms with Crippen LogP contribution in [0.2, 0.25) is 0 Å². The molecule has 3 nitrogen and oxygen atoms in total. The van der Waals surface area contributed by atoms with Crippen molar-refractivity contribution in [3.05, 3.63) is 64.1 Å². The summed E-state index contributed by atoms with van der Waals surface area (Å²) >= 11 is 8.31. The SMILES string of the molecule is Fc1cncc(CSc2nn(-c3ccccc3)c(=S)s2)c1. The second-order valence-corrected chi connectivity index (χ2v) is 7.03. The van der Waals surface area contributed by atoms with Crippen LogP contribution in [-0.2, 0) is 5.75 Å². The van der Waals surface area contributed by atoms with Gasteiger partial charge in [0.05, 0.1) is 11.9 Å². The molecule has 3 rings (SSSR count). The van der Waals surface area contributed by atoms with Gasteiger partial charge in [-0.15, -0.1) is 5.10 Å². The molecular weight excluding hydrogens is 325 g/mol. The van der Waals surface area contributed by atoms with Crippen molar-refractivity contribution in [3.63, 3.8) is 0 Å². The second kappa shape index (κ2) is 6.46. The quantitative estimate of drug-likeness (QED) is 0.519. The lowest BCUT2D eigenvalue weighted by molar-refractivity contribution is 0.619. The molecule has 0 N–H and O–H groups in total. The van der Waals surface area contributed by atoms with Gasteiger partial charge in [-0.05, 0) is 36.0 Å². The third-order valence-electron chi connectivity index (χ3n) is 2.65. The highest BCUT2D eigenvalue weighted by molar-refractivity contribution is 8.00. The highest BCUT2D eigenvalue weighted by Gasteiger charge is 2.07. The van der Waals surface area contributed by atoms with Crippen LogP contribution in [-0.4, -0.2) is 14.8 Å². The normalized spacial score (nSPS) is 10.7. The lowest BCUT2D eigenvalue weighted by Gasteiger charge is -1.99. The van der Waals surface area contributed by atoms with Crippen molar-refractivity contribution in [3.8, 4) is 5.69 Å². The number of aromatic nitrogens is 3. The van der Waals surface area contributed by atoms with E-state index >= 15 is 0 Å². The molecule has 0 saturated carbocycles. The van der Waals surface area contributed by atoms with E-state index in [0.717, 1.165) is 15.6 Å². The zero-order valence-electron chi connectivity index (χ0n) is 10.8. The van der Waals surface area contributed by atoms with Crippen molar-refractivity contribution >= 4 is 35.3 Å². The minimum Gasteiger partial charge on any atom is -0.261 e. The largest absolute Gasteiger partial charge is 0.261 e. The van der Waals surface area contributed by atoms with Crippen LogP contribution in [0.1, 0.15) is 5.56 Å². The molecule has 0 bridgehead atoms. The minimum atomic E-state index is -0.324. The fourth-order valence-electron chi connectivity index (χ4n) is 1.73. The van der Waals surface area contributed by atoms with Crippen molar-refractivity contribution in [1.29, 1.82) is 0 Å². The molecule has 0 radical (unpaired) electrons. The molecule has 0 aliphatic rings. The zero-order valence-corrected chi connectivity index (χ0v) is 13.2. The third-order valence-corrected chi connectivity index (χ3v) is 5.09. The van der Waals surface area contributed by atoms with Crippen molar-refractivity contribution in [2.75, 3.05) is 0 Å². The summed E-state index contributed by atoms with van der Waals surface area (Å²) in [6, 6.07) is 11.2. The van der Waals surface area contributed by atoms with E-state index in [9.17, 15) is 4.39 Å². The first kappa shape index (κ1) is 14.4. The van der Waals surface area contributed by atoms with Crippen LogP contribution in [0.4, 0.5) is 4.39 Å². The van der Waals surface area contributed by atoms with E-state index in [4.69, 9.17) is 12.2 Å². The predicted octanol–water partition coefficient (Wildman–Crippen LogP) is 4.49. The van der Waals surface area contributed by atoms with Gasteiger partial charge in [-0.3, -0.25) is 4.98 Å². The molecule has 2 heterocycles. The Morgan fingerprint density at radius 3 is 2.81 bits per heavy atom. The number of rotatable bonds is 4. The van der Waals surface area contributed by atoms with Gasteiger partial charge in [0, 0.05) is 11.9 Å². The van der Waals surface area contributed by atoms with Crippen LogP contribution in [0.15, 0.2) is 53.1 Å². The van der Waals surface area contributed by atoms with Crippen molar-refractivity contribution in [2.45, 2.75) is 10.1 Å². The Morgan fingerprint density at radius 2 is 2.05 bits per heavy atom. The van der Waals surface area contributed by atoms with Gasteiger partial charge in [-0.2, -0.15) is 0 Å². The van der Waals surface area contributed by atoms with E-state index in [0.29, 0.717) is 9.71 Å². The Balaban J connectivity index is 1.77. The number of thioether (sulfide) groups is 1. The maximum atomic E-state index is 13.1. The number of pyridine rings is 1. The highest BCUT2D eigenvalue weighted by Crippen LogP contribution is 2.27. The lowest BCUT2D eigenvalue weighted by atomic mass is 10.3. The lowest BCUT2D eigenvalue weighted by Crippen LogP contribution is -1.95. The molecule has 0 aliphatic carbocycles. The van der Waals surface area contributed by atoms with E-state index in [1.165, 1.54) is 35.4 Å². The fraction of sp³-hybridized carbons (Fsp3) is 0.0714. The van der Waals surface area contributed by atoms with Crippen molar-refractivity contribution in [1.82, 2.24) is 14.8 Å². The van der Waals surface area contributed by atoms with Crippen LogP contribution >= 0.6 is 35.3 Å². The van der Waals surface area contributed by atoms with E-state index < -0.39 is 0 Å². The molecular formula is C14H10FN3S3. The first-order valence-electron chi connectivity index (χ1n) is 6.10. The Bertz CT molecular complexity index is 798. The summed E-state index contributed by atoms with van der Waals surface area (Å²) in [6.07, 6.45) is 2.85. The monoisotopic (exact) mass is 335 g/mol. The minimum absolute atomic E-state index is 0.324. The molecule has 0 saturated heterocycles. The summed E-state index contributed by atoms with van der Waals surface area (Å²) in [7, 11) is 0. The summed E-state index contributed by atoms with van der Waals surface area (Å²) in [5.41, 5.74) is 1.77. The average molecular weight is 335 g/mol. The van der Waals surface area contributed by atoms with Crippen LogP contribution in [0.5, 0.6) is 0 Å². The van der Waals surface area contributed by atoms with Gasteiger partial charge >= 0.3 is 0 Å². The van der Waals surface area contributed by atoms with Gasteiger partial charge in [0.2, 0.25) is 0 Å². The smallest absolute Gasteiger partial charge is 0.184 e. The Hall–Kier alpha value is -1.57. The fourth-order valence-corrected chi connectivity index (χ4v) is 4.01. The number of nitrogens with zero attached hydrogens (tertiary/aromatic N) is 3. The third kappa shape index (κ3) is 3.55. The standard InChI is InChI=1S/C14H10FN3S3/c15-11-6-10(7-16-8-11)9-20-13-17-18(14(19)21-13)12-4-2-1-3-5-12/h1-8H,9H2. The van der Waals surface area contributed by atoms with Gasteiger partial charge < -0.3 is 0 Å². The van der Waals surface area contributed by atoms with Crippen LogP contribution in [0, 0.1) is 9.77 Å². The molecule has 21 heavy (non-hydrogen) atoms. The second-order valence-electron chi connectivity index (χ2n) is 4.18. The molecule has 3 aromatic rings. The molecule has 7 heteroatoms. The molecule has 0 atom stereocenters. The molecule has 106 valence electrons. The molecule has 0 unspecified atom stereocenters. The summed E-state index contributed by atoms with van der Waals surface area (Å²) < 4.78 is 16.4. The number of para-hydroxylation sites is 1. The Kier molecular flexibility index (Phi) is 4.42. The Morgan fingerprint density at radius 1 is 1.24 bits per heavy atom. The van der Waals surface area contributed by atoms with Crippen LogP contribution in [0.3, 0.4) is 0 Å². The van der Waals surface area contributed by atoms with Gasteiger partial charge in [0.15, 0.2) is 8.29 Å². The first-order chi connectivity index (χ1) is 10.2. The van der Waals surface area contributed by atoms with E-state index in [-0.39, 0.29) is 5.82 Å². The summed E-state index contributed by atoms with van der Waals surface area (Å²) in [6.45, 7) is 0. The highest BCUT2D eigenvalue weighted by atomic mass is 32.2. The van der Waals surface area contributed by atoms with Crippen molar-refractivity contribution < 1.29 is 4.39 Å². The maximum absolute atomic E-state index is 13.1. The van der Waals surface area contributed by atoms with Crippen LogP contribution in [0.25, 0.3) is 5.69 Å². The number of hydrogen-bond donors (Lipinski definition) is 0. The average Bonchev–Trinajstić information content (AvgIpc) is 2.87. The van der Waals surface area contributed by atoms with E-state index in [2.05, 4.69) is 10.1 Å². The molecule has 0 fully saturated rings. The van der Waals surface area contributed by atoms with Crippen LogP contribution < -0.4 is 0 Å². The molecule has 1 aromatic carbocycles. The van der Waals surface area contributed by atoms with Gasteiger partial charge in [-0.1, -0.05) is 41.3 Å². The van der Waals surface area contributed by atoms with E-state index in [1.54, 1.807) is 10.9 Å². The summed E-state index contributed by atoms with van der Waals surface area (Å²) in [4.78, 5) is 3.84. The van der Waals surface area contributed by atoms with E-state index in [1.807, 2.05) is 30.3 Å². The summed E-state index contributed by atoms with van der Waals surface area (Å²) in [5.74, 6) is 0.289. The zero-order chi connectivity index (χ0) is 14.7. The summed E-state index contributed by atoms with van der Waals surface area (Å²) in [5, 5.41) is 4.50. The molecule has 0 amide bonds. The molecule has 0 aliphatic heterocycles. The first-order valence-corrected chi connectivity index (χ1v) is 8.31. The van der Waals surface area contributed by atoms with Gasteiger partial charge in [-0.25, -0.2) is 9.07 Å². The van der Waals surface area contributed by atoms with Gasteiger partial charge in [0.1, 0.15) is 5.82 Å². The Labute approximate surface area is 134 Å². The maximum Gasteiger partial charge on any atom is 0.184 e. The topological polar surface area (TPSA) is 30.7 Å². The predicted molar refractivity (Wildman–Crippen MR) is 86.0 cm³/mol. The number of hydrogen-bond acceptors (Lipinski definition) is 5. The van der Waals surface area contributed by atoms with Gasteiger partial charge in [0.25, 0.3) is 0 Å². The molecule has 0 spiro atoms.